The number of nitrogens with one attached hydrogen (secondary N) is 6. The summed E-state index contributed by atoms with van der Waals surface area (Å²) >= 11 is 2.37. The Labute approximate surface area is 371 Å². The van der Waals surface area contributed by atoms with Crippen LogP contribution in [0.25, 0.3) is 0 Å². The molecule has 1 fully saturated rings. The average Bonchev–Trinajstić information content (AvgIpc) is 3.25. The van der Waals surface area contributed by atoms with Crippen LogP contribution in [0.2, 0.25) is 0 Å². The summed E-state index contributed by atoms with van der Waals surface area (Å²) in [6.45, 7) is -1.46. The van der Waals surface area contributed by atoms with Crippen molar-refractivity contribution in [3.05, 3.63) is 60.2 Å². The first-order valence-electron chi connectivity index (χ1n) is 20.0. The topological polar surface area (TPSA) is 333 Å². The SMILES string of the molecule is CN[C@H](CCC(=O)N[C@@H](CSC(c1ccncc1)C1CCCC(C(SC[C@H](NC(=O)CC[C@@H](NC)C(=O)O)C(=O)NCC(=O)O)c2ccccn2)C1=O)C(=O)NCC(=O)O)C(=O)O. The van der Waals surface area contributed by atoms with Gasteiger partial charge in [-0.25, -0.2) is 0 Å². The summed E-state index contributed by atoms with van der Waals surface area (Å²) in [5.74, 6) is -9.64. The van der Waals surface area contributed by atoms with Gasteiger partial charge < -0.3 is 52.3 Å². The Bertz CT molecular complexity index is 1770. The lowest BCUT2D eigenvalue weighted by molar-refractivity contribution is -0.140. The van der Waals surface area contributed by atoms with Crippen LogP contribution in [-0.2, 0) is 43.2 Å². The van der Waals surface area contributed by atoms with E-state index in [0.29, 0.717) is 30.5 Å². The van der Waals surface area contributed by atoms with Gasteiger partial charge in [-0.15, -0.1) is 11.8 Å². The molecule has 344 valence electrons. The third kappa shape index (κ3) is 17.2. The number of hydrogen-bond donors (Lipinski definition) is 10. The van der Waals surface area contributed by atoms with Gasteiger partial charge in [-0.2, -0.15) is 11.8 Å². The molecule has 0 bridgehead atoms. The molecule has 4 unspecified atom stereocenters. The minimum absolute atomic E-state index is 0.0919. The maximum Gasteiger partial charge on any atom is 0.322 e. The number of aromatic nitrogens is 2. The zero-order valence-corrected chi connectivity index (χ0v) is 36.3. The van der Waals surface area contributed by atoms with Gasteiger partial charge in [-0.05, 0) is 69.6 Å². The molecule has 0 radical (unpaired) electrons. The number of aliphatic carboxylic acids is 4. The molecule has 1 aliphatic rings. The van der Waals surface area contributed by atoms with Gasteiger partial charge in [0.2, 0.25) is 23.6 Å². The lowest BCUT2D eigenvalue weighted by Gasteiger charge is -2.37. The molecule has 2 aromatic rings. The molecule has 2 aromatic heterocycles. The Balaban J connectivity index is 1.92. The van der Waals surface area contributed by atoms with Crippen molar-refractivity contribution in [3.63, 3.8) is 0 Å². The summed E-state index contributed by atoms with van der Waals surface area (Å²) in [6, 6.07) is 3.98. The minimum atomic E-state index is -1.32. The Hall–Kier alpha value is -5.65. The number of amides is 4. The second-order valence-corrected chi connectivity index (χ2v) is 16.8. The number of carbonyl (C=O) groups is 9. The molecule has 0 aromatic carbocycles. The van der Waals surface area contributed by atoms with E-state index < -0.39 is 107 Å². The van der Waals surface area contributed by atoms with Crippen LogP contribution in [0.5, 0.6) is 0 Å². The van der Waals surface area contributed by atoms with Crippen molar-refractivity contribution < 1.29 is 63.6 Å². The van der Waals surface area contributed by atoms with E-state index in [0.717, 1.165) is 0 Å². The zero-order valence-electron chi connectivity index (χ0n) is 34.7. The first-order chi connectivity index (χ1) is 30.1. The molecule has 4 amide bonds. The number of Topliss-reactive ketones (excluding diaryl/α,β-unsaturated/α-hetero) is 1. The van der Waals surface area contributed by atoms with Gasteiger partial charge in [0.15, 0.2) is 0 Å². The summed E-state index contributed by atoms with van der Waals surface area (Å²) in [5.41, 5.74) is 1.19. The molecule has 23 heteroatoms. The van der Waals surface area contributed by atoms with E-state index in [9.17, 15) is 63.6 Å². The number of carbonyl (C=O) groups excluding carboxylic acids is 5. The van der Waals surface area contributed by atoms with Crippen LogP contribution in [0, 0.1) is 11.8 Å². The van der Waals surface area contributed by atoms with Crippen molar-refractivity contribution in [3.8, 4) is 0 Å². The highest BCUT2D eigenvalue weighted by atomic mass is 32.2. The van der Waals surface area contributed by atoms with E-state index in [4.69, 9.17) is 0 Å². The number of rotatable bonds is 28. The van der Waals surface area contributed by atoms with Gasteiger partial charge in [0.25, 0.3) is 0 Å². The van der Waals surface area contributed by atoms with Crippen molar-refractivity contribution in [1.82, 2.24) is 41.9 Å². The molecule has 0 saturated heterocycles. The number of nitrogens with zero attached hydrogens (tertiary/aromatic N) is 2. The van der Waals surface area contributed by atoms with Gasteiger partial charge in [0.05, 0.1) is 10.9 Å². The van der Waals surface area contributed by atoms with E-state index in [1.54, 1.807) is 48.9 Å². The maximum atomic E-state index is 14.9. The van der Waals surface area contributed by atoms with Gasteiger partial charge in [-0.3, -0.25) is 53.1 Å². The van der Waals surface area contributed by atoms with E-state index in [1.165, 1.54) is 37.6 Å². The predicted molar refractivity (Wildman–Crippen MR) is 229 cm³/mol. The lowest BCUT2D eigenvalue weighted by Crippen LogP contribution is -2.50. The Kier molecular flexibility index (Phi) is 21.9. The summed E-state index contributed by atoms with van der Waals surface area (Å²) in [7, 11) is 2.86. The van der Waals surface area contributed by atoms with E-state index in [-0.39, 0.29) is 43.0 Å². The van der Waals surface area contributed by atoms with Crippen LogP contribution in [-0.4, -0.2) is 147 Å². The van der Waals surface area contributed by atoms with Crippen LogP contribution in [0.4, 0.5) is 0 Å². The quantitative estimate of drug-likeness (QED) is 0.0536. The molecule has 21 nitrogen and oxygen atoms in total. The fourth-order valence-electron chi connectivity index (χ4n) is 6.87. The van der Waals surface area contributed by atoms with Crippen LogP contribution < -0.4 is 31.9 Å². The molecule has 63 heavy (non-hydrogen) atoms. The third-order valence-electron chi connectivity index (χ3n) is 10.1. The smallest absolute Gasteiger partial charge is 0.322 e. The minimum Gasteiger partial charge on any atom is -0.480 e. The third-order valence-corrected chi connectivity index (χ3v) is 13.1. The molecular formula is C40H54N8O13S2. The molecule has 0 spiro atoms. The molecule has 3 rings (SSSR count). The van der Waals surface area contributed by atoms with Gasteiger partial charge in [0, 0.05) is 60.0 Å². The number of hydrogen-bond acceptors (Lipinski definition) is 15. The Morgan fingerprint density at radius 3 is 1.57 bits per heavy atom. The van der Waals surface area contributed by atoms with Gasteiger partial charge >= 0.3 is 23.9 Å². The van der Waals surface area contributed by atoms with Crippen molar-refractivity contribution in [2.24, 2.45) is 11.8 Å². The molecule has 10 N–H and O–H groups in total. The highest BCUT2D eigenvalue weighted by molar-refractivity contribution is 7.99. The van der Waals surface area contributed by atoms with Crippen molar-refractivity contribution in [2.45, 2.75) is 79.6 Å². The second kappa shape index (κ2) is 26.7. The Morgan fingerprint density at radius 2 is 1.14 bits per heavy atom. The standard InChI is InChI=1S/C40H54N8O13S2/c1-41-26(39(58)59)9-11-30(49)47-28(37(56)45-18-32(51)52)20-62-35(22-13-16-43-17-14-22)23-6-5-7-24(34(23)55)36(25-8-3-4-15-44-25)63-21-29(38(57)46-19-33(53)54)48-31(50)12-10-27(42-2)40(60)61/h3-4,8,13-17,23-24,26-29,35-36,41-42H,5-7,9-12,18-21H2,1-2H3,(H,45,56)(H,46,57)(H,47,49)(H,48,50)(H,51,52)(H,53,54)(H,58,59)(H,60,61)/t23?,24?,26-,27-,28+,29+,35?,36?/m1/s1. The van der Waals surface area contributed by atoms with Crippen molar-refractivity contribution >= 4 is 76.8 Å². The molecule has 2 heterocycles. The lowest BCUT2D eigenvalue weighted by atomic mass is 9.75. The number of carboxylic acids is 4. The number of likely N-dealkylation sites (N-methyl/N-ethyl adjacent to an activating group) is 2. The van der Waals surface area contributed by atoms with Crippen LogP contribution in [0.15, 0.2) is 48.9 Å². The van der Waals surface area contributed by atoms with Crippen molar-refractivity contribution in [2.75, 3.05) is 38.7 Å². The van der Waals surface area contributed by atoms with Crippen LogP contribution >= 0.6 is 23.5 Å². The summed E-state index contributed by atoms with van der Waals surface area (Å²) in [5, 5.41) is 50.8. The highest BCUT2D eigenvalue weighted by Crippen LogP contribution is 2.48. The number of ketones is 1. The molecule has 0 aliphatic heterocycles. The van der Waals surface area contributed by atoms with E-state index in [1.807, 2.05) is 0 Å². The summed E-state index contributed by atoms with van der Waals surface area (Å²) < 4.78 is 0. The largest absolute Gasteiger partial charge is 0.480 e. The fourth-order valence-corrected chi connectivity index (χ4v) is 9.81. The van der Waals surface area contributed by atoms with Crippen molar-refractivity contribution in [1.29, 1.82) is 0 Å². The van der Waals surface area contributed by atoms with Crippen LogP contribution in [0.1, 0.15) is 66.7 Å². The summed E-state index contributed by atoms with van der Waals surface area (Å²) in [4.78, 5) is 122. The molecule has 1 saturated carbocycles. The monoisotopic (exact) mass is 918 g/mol. The predicted octanol–water partition coefficient (Wildman–Crippen LogP) is -0.0124. The van der Waals surface area contributed by atoms with E-state index in [2.05, 4.69) is 41.9 Å². The highest BCUT2D eigenvalue weighted by Gasteiger charge is 2.42. The molecule has 1 aliphatic carbocycles. The normalized spacial score (nSPS) is 17.7. The first-order valence-corrected chi connectivity index (χ1v) is 22.1. The number of thioether (sulfide) groups is 2. The number of carboxylic acid groups (broad SMARTS) is 4. The zero-order chi connectivity index (χ0) is 46.5. The van der Waals surface area contributed by atoms with Gasteiger partial charge in [-0.1, -0.05) is 12.5 Å². The molecule has 8 atom stereocenters. The van der Waals surface area contributed by atoms with Gasteiger partial charge in [0.1, 0.15) is 43.0 Å². The maximum absolute atomic E-state index is 14.9. The fraction of sp³-hybridized carbons (Fsp3) is 0.525. The summed E-state index contributed by atoms with van der Waals surface area (Å²) in [6.07, 6.45) is 5.34. The molecular weight excluding hydrogens is 865 g/mol. The van der Waals surface area contributed by atoms with E-state index >= 15 is 0 Å². The Morgan fingerprint density at radius 1 is 0.667 bits per heavy atom. The number of pyridine rings is 2. The van der Waals surface area contributed by atoms with Crippen LogP contribution in [0.3, 0.4) is 0 Å². The first kappa shape index (κ1) is 51.7. The average molecular weight is 919 g/mol. The second-order valence-electron chi connectivity index (χ2n) is 14.5.